The topological polar surface area (TPSA) is 51.8 Å². The van der Waals surface area contributed by atoms with Crippen LogP contribution in [-0.2, 0) is 6.42 Å². The Hall–Kier alpha value is -1.13. The molecule has 0 fully saturated rings. The zero-order chi connectivity index (χ0) is 9.97. The zero-order valence-corrected chi connectivity index (χ0v) is 8.85. The van der Waals surface area contributed by atoms with Crippen molar-refractivity contribution < 1.29 is 0 Å². The molecule has 0 spiro atoms. The summed E-state index contributed by atoms with van der Waals surface area (Å²) in [6.07, 6.45) is 0.732. The Morgan fingerprint density at radius 3 is 2.93 bits per heavy atom. The first-order valence-electron chi connectivity index (χ1n) is 4.06. The molecular weight excluding hydrogens is 218 g/mol. The summed E-state index contributed by atoms with van der Waals surface area (Å²) >= 11 is 7.18. The molecule has 1 aromatic heterocycles. The maximum Gasteiger partial charge on any atom is 0.232 e. The molecule has 2 rings (SSSR count). The molecule has 2 aromatic rings. The van der Waals surface area contributed by atoms with Gasteiger partial charge in [-0.25, -0.2) is 4.98 Å². The highest BCUT2D eigenvalue weighted by Gasteiger charge is 2.02. The highest BCUT2D eigenvalue weighted by molar-refractivity contribution is 7.05. The highest BCUT2D eigenvalue weighted by atomic mass is 35.5. The van der Waals surface area contributed by atoms with E-state index in [2.05, 4.69) is 9.36 Å². The first-order chi connectivity index (χ1) is 6.74. The van der Waals surface area contributed by atoms with Gasteiger partial charge < -0.3 is 5.73 Å². The molecule has 0 aliphatic carbocycles. The van der Waals surface area contributed by atoms with Crippen molar-refractivity contribution in [3.63, 3.8) is 0 Å². The van der Waals surface area contributed by atoms with Crippen LogP contribution in [0, 0.1) is 0 Å². The normalized spacial score (nSPS) is 10.4. The van der Waals surface area contributed by atoms with Gasteiger partial charge in [0.05, 0.1) is 0 Å². The number of aromatic nitrogens is 2. The molecule has 14 heavy (non-hydrogen) atoms. The molecule has 0 bridgehead atoms. The fourth-order valence-electron chi connectivity index (χ4n) is 1.16. The molecule has 0 aliphatic rings. The average Bonchev–Trinajstić information content (AvgIpc) is 2.51. The van der Waals surface area contributed by atoms with E-state index in [1.807, 2.05) is 24.3 Å². The van der Waals surface area contributed by atoms with Crippen molar-refractivity contribution in [2.75, 3.05) is 5.73 Å². The van der Waals surface area contributed by atoms with Gasteiger partial charge in [-0.05, 0) is 29.2 Å². The van der Waals surface area contributed by atoms with Gasteiger partial charge >= 0.3 is 0 Å². The number of rotatable bonds is 2. The van der Waals surface area contributed by atoms with Crippen molar-refractivity contribution in [3.8, 4) is 0 Å². The number of halogens is 1. The summed E-state index contributed by atoms with van der Waals surface area (Å²) in [5.74, 6) is 0.340. The van der Waals surface area contributed by atoms with E-state index in [-0.39, 0.29) is 0 Å². The Balaban J connectivity index is 2.18. The summed E-state index contributed by atoms with van der Waals surface area (Å²) in [7, 11) is 0. The minimum absolute atomic E-state index is 0.340. The third kappa shape index (κ3) is 2.21. The molecular formula is C9H8ClN3S. The van der Waals surface area contributed by atoms with Gasteiger partial charge in [-0.1, -0.05) is 23.7 Å². The van der Waals surface area contributed by atoms with Crippen molar-refractivity contribution in [3.05, 3.63) is 39.9 Å². The third-order valence-electron chi connectivity index (χ3n) is 1.73. The average molecular weight is 226 g/mol. The minimum Gasteiger partial charge on any atom is -0.367 e. The van der Waals surface area contributed by atoms with Crippen LogP contribution in [0.1, 0.15) is 10.6 Å². The van der Waals surface area contributed by atoms with Gasteiger partial charge in [0.25, 0.3) is 0 Å². The lowest BCUT2D eigenvalue weighted by Gasteiger charge is -1.97. The van der Waals surface area contributed by atoms with Crippen LogP contribution >= 0.6 is 23.1 Å². The van der Waals surface area contributed by atoms with Crippen molar-refractivity contribution >= 4 is 29.1 Å². The van der Waals surface area contributed by atoms with E-state index in [4.69, 9.17) is 17.3 Å². The quantitative estimate of drug-likeness (QED) is 0.854. The fourth-order valence-corrected chi connectivity index (χ4v) is 1.98. The standard InChI is InChI=1S/C9H8ClN3S/c10-7-3-1-2-6(4-7)5-8-12-9(11)13-14-8/h1-4H,5H2,(H2,11,13). The summed E-state index contributed by atoms with van der Waals surface area (Å²) in [5.41, 5.74) is 6.54. The van der Waals surface area contributed by atoms with Crippen LogP contribution in [0.25, 0.3) is 0 Å². The van der Waals surface area contributed by atoms with Crippen molar-refractivity contribution in [2.45, 2.75) is 6.42 Å². The third-order valence-corrected chi connectivity index (χ3v) is 2.69. The summed E-state index contributed by atoms with van der Waals surface area (Å²) in [5, 5.41) is 1.64. The van der Waals surface area contributed by atoms with Gasteiger partial charge in [-0.2, -0.15) is 4.37 Å². The number of nitrogens with two attached hydrogens (primary N) is 1. The zero-order valence-electron chi connectivity index (χ0n) is 7.27. The lowest BCUT2D eigenvalue weighted by molar-refractivity contribution is 1.14. The summed E-state index contributed by atoms with van der Waals surface area (Å²) in [6, 6.07) is 7.68. The predicted octanol–water partition coefficient (Wildman–Crippen LogP) is 2.36. The highest BCUT2D eigenvalue weighted by Crippen LogP contribution is 2.16. The lowest BCUT2D eigenvalue weighted by atomic mass is 10.2. The van der Waals surface area contributed by atoms with E-state index in [1.165, 1.54) is 11.5 Å². The minimum atomic E-state index is 0.340. The van der Waals surface area contributed by atoms with Crippen molar-refractivity contribution in [1.29, 1.82) is 0 Å². The maximum absolute atomic E-state index is 5.86. The SMILES string of the molecule is Nc1nsc(Cc2cccc(Cl)c2)n1. The maximum atomic E-state index is 5.86. The first-order valence-corrected chi connectivity index (χ1v) is 5.22. The van der Waals surface area contributed by atoms with Crippen LogP contribution in [0.5, 0.6) is 0 Å². The Morgan fingerprint density at radius 1 is 1.43 bits per heavy atom. The number of benzene rings is 1. The largest absolute Gasteiger partial charge is 0.367 e. The second-order valence-corrected chi connectivity index (χ2v) is 4.13. The van der Waals surface area contributed by atoms with Gasteiger partial charge in [-0.3, -0.25) is 0 Å². The van der Waals surface area contributed by atoms with E-state index >= 15 is 0 Å². The van der Waals surface area contributed by atoms with Gasteiger partial charge in [0.1, 0.15) is 5.01 Å². The number of hydrogen-bond donors (Lipinski definition) is 1. The first kappa shape index (κ1) is 9.43. The van der Waals surface area contributed by atoms with Crippen LogP contribution < -0.4 is 5.73 Å². The van der Waals surface area contributed by atoms with Crippen LogP contribution in [0.2, 0.25) is 5.02 Å². The Labute approximate surface area is 90.7 Å². The predicted molar refractivity (Wildman–Crippen MR) is 58.6 cm³/mol. The lowest BCUT2D eigenvalue weighted by Crippen LogP contribution is -1.89. The molecule has 1 heterocycles. The molecule has 0 unspecified atom stereocenters. The van der Waals surface area contributed by atoms with Gasteiger partial charge in [0.2, 0.25) is 5.95 Å². The second-order valence-electron chi connectivity index (χ2n) is 2.85. The molecule has 2 N–H and O–H groups in total. The van der Waals surface area contributed by atoms with Crippen LogP contribution in [0.3, 0.4) is 0 Å². The second kappa shape index (κ2) is 3.94. The Morgan fingerprint density at radius 2 is 2.29 bits per heavy atom. The van der Waals surface area contributed by atoms with Gasteiger partial charge in [-0.15, -0.1) is 0 Å². The molecule has 0 aliphatic heterocycles. The Bertz CT molecular complexity index is 441. The smallest absolute Gasteiger partial charge is 0.232 e. The van der Waals surface area contributed by atoms with E-state index in [0.29, 0.717) is 5.95 Å². The molecule has 1 aromatic carbocycles. The molecule has 0 radical (unpaired) electrons. The molecule has 0 saturated carbocycles. The number of hydrogen-bond acceptors (Lipinski definition) is 4. The molecule has 0 saturated heterocycles. The van der Waals surface area contributed by atoms with Crippen LogP contribution in [-0.4, -0.2) is 9.36 Å². The monoisotopic (exact) mass is 225 g/mol. The number of nitrogens with zero attached hydrogens (tertiary/aromatic N) is 2. The molecule has 3 nitrogen and oxygen atoms in total. The fraction of sp³-hybridized carbons (Fsp3) is 0.111. The van der Waals surface area contributed by atoms with E-state index in [1.54, 1.807) is 0 Å². The van der Waals surface area contributed by atoms with E-state index < -0.39 is 0 Å². The summed E-state index contributed by atoms with van der Waals surface area (Å²) in [4.78, 5) is 4.08. The van der Waals surface area contributed by atoms with Crippen LogP contribution in [0.4, 0.5) is 5.95 Å². The van der Waals surface area contributed by atoms with Crippen LogP contribution in [0.15, 0.2) is 24.3 Å². The number of nitrogen functional groups attached to an aromatic ring is 1. The summed E-state index contributed by atoms with van der Waals surface area (Å²) in [6.45, 7) is 0. The van der Waals surface area contributed by atoms with Gasteiger partial charge in [0.15, 0.2) is 0 Å². The van der Waals surface area contributed by atoms with Gasteiger partial charge in [0, 0.05) is 11.4 Å². The van der Waals surface area contributed by atoms with E-state index in [9.17, 15) is 0 Å². The Kier molecular flexibility index (Phi) is 2.65. The molecule has 72 valence electrons. The molecule has 5 heteroatoms. The van der Waals surface area contributed by atoms with Crippen molar-refractivity contribution in [1.82, 2.24) is 9.36 Å². The molecule has 0 amide bonds. The van der Waals surface area contributed by atoms with Crippen molar-refractivity contribution in [2.24, 2.45) is 0 Å². The summed E-state index contributed by atoms with van der Waals surface area (Å²) < 4.78 is 3.91. The number of anilines is 1. The van der Waals surface area contributed by atoms with E-state index in [0.717, 1.165) is 22.0 Å². The molecule has 0 atom stereocenters.